The molecule has 168 valence electrons. The maximum absolute atomic E-state index is 13.3. The second-order valence-corrected chi connectivity index (χ2v) is 9.50. The molecule has 2 aromatic carbocycles. The summed E-state index contributed by atoms with van der Waals surface area (Å²) in [6.45, 7) is 2.93. The number of amides is 1. The average molecular weight is 449 g/mol. The van der Waals surface area contributed by atoms with Gasteiger partial charge in [-0.25, -0.2) is 17.5 Å². The van der Waals surface area contributed by atoms with Crippen molar-refractivity contribution in [2.24, 2.45) is 0 Å². The Kier molecular flexibility index (Phi) is 7.67. The van der Waals surface area contributed by atoms with Gasteiger partial charge < -0.3 is 9.64 Å². The van der Waals surface area contributed by atoms with Crippen molar-refractivity contribution >= 4 is 15.9 Å². The molecule has 8 heteroatoms. The number of halogens is 1. The number of carbonyl (C=O) groups excluding carboxylic acids is 1. The summed E-state index contributed by atoms with van der Waals surface area (Å²) >= 11 is 0. The van der Waals surface area contributed by atoms with E-state index in [2.05, 4.69) is 11.6 Å². The SMILES string of the molecule is CCCCCN(Cc1ccc(F)cc1)C(=O)c1ccc(OC)c(S(=O)(=O)NC2CC2)c1. The highest BCUT2D eigenvalue weighted by Crippen LogP contribution is 2.29. The van der Waals surface area contributed by atoms with E-state index in [0.29, 0.717) is 13.1 Å². The number of nitrogens with one attached hydrogen (secondary N) is 1. The zero-order valence-electron chi connectivity index (χ0n) is 17.9. The topological polar surface area (TPSA) is 75.7 Å². The molecule has 3 rings (SSSR count). The van der Waals surface area contributed by atoms with E-state index in [1.807, 2.05) is 0 Å². The number of hydrogen-bond acceptors (Lipinski definition) is 4. The van der Waals surface area contributed by atoms with Crippen LogP contribution in [0.3, 0.4) is 0 Å². The quantitative estimate of drug-likeness (QED) is 0.525. The molecular formula is C23H29FN2O4S. The molecule has 1 fully saturated rings. The Bertz CT molecular complexity index is 1000. The minimum absolute atomic E-state index is 0.0389. The van der Waals surface area contributed by atoms with E-state index in [4.69, 9.17) is 4.74 Å². The Balaban J connectivity index is 1.88. The molecule has 2 aromatic rings. The Hall–Kier alpha value is -2.45. The van der Waals surface area contributed by atoms with Crippen molar-refractivity contribution < 1.29 is 22.3 Å². The highest BCUT2D eigenvalue weighted by atomic mass is 32.2. The van der Waals surface area contributed by atoms with Crippen LogP contribution in [0.4, 0.5) is 4.39 Å². The summed E-state index contributed by atoms with van der Waals surface area (Å²) in [5.41, 5.74) is 1.08. The van der Waals surface area contributed by atoms with Crippen molar-refractivity contribution in [3.63, 3.8) is 0 Å². The van der Waals surface area contributed by atoms with E-state index in [0.717, 1.165) is 37.7 Å². The van der Waals surface area contributed by atoms with Gasteiger partial charge in [-0.3, -0.25) is 4.79 Å². The molecule has 1 amide bonds. The number of rotatable bonds is 11. The number of carbonyl (C=O) groups is 1. The maximum atomic E-state index is 13.3. The van der Waals surface area contributed by atoms with Crippen LogP contribution in [-0.2, 0) is 16.6 Å². The van der Waals surface area contributed by atoms with Crippen LogP contribution in [0.2, 0.25) is 0 Å². The molecular weight excluding hydrogens is 419 g/mol. The van der Waals surface area contributed by atoms with Gasteiger partial charge in [-0.05, 0) is 55.2 Å². The van der Waals surface area contributed by atoms with Gasteiger partial charge in [-0.2, -0.15) is 0 Å². The molecule has 1 N–H and O–H groups in total. The molecule has 1 aliphatic carbocycles. The molecule has 0 atom stereocenters. The van der Waals surface area contributed by atoms with Crippen molar-refractivity contribution in [3.8, 4) is 5.75 Å². The Morgan fingerprint density at radius 2 is 1.87 bits per heavy atom. The largest absolute Gasteiger partial charge is 0.495 e. The second kappa shape index (κ2) is 10.2. The molecule has 31 heavy (non-hydrogen) atoms. The van der Waals surface area contributed by atoms with Crippen LogP contribution in [0.25, 0.3) is 0 Å². The number of nitrogens with zero attached hydrogens (tertiary/aromatic N) is 1. The van der Waals surface area contributed by atoms with Crippen LogP contribution in [0.5, 0.6) is 5.75 Å². The predicted octanol–water partition coefficient (Wildman–Crippen LogP) is 4.11. The normalized spacial score (nSPS) is 13.8. The minimum Gasteiger partial charge on any atom is -0.495 e. The lowest BCUT2D eigenvalue weighted by atomic mass is 10.1. The third kappa shape index (κ3) is 6.27. The van der Waals surface area contributed by atoms with Crippen LogP contribution in [0.1, 0.15) is 54.9 Å². The Labute approximate surface area is 183 Å². The number of benzene rings is 2. The van der Waals surface area contributed by atoms with Gasteiger partial charge in [0.15, 0.2) is 0 Å². The van der Waals surface area contributed by atoms with Crippen LogP contribution < -0.4 is 9.46 Å². The summed E-state index contributed by atoms with van der Waals surface area (Å²) in [5, 5.41) is 0. The number of hydrogen-bond donors (Lipinski definition) is 1. The summed E-state index contributed by atoms with van der Waals surface area (Å²) in [5.74, 6) is -0.410. The molecule has 0 aromatic heterocycles. The molecule has 0 bridgehead atoms. The number of methoxy groups -OCH3 is 1. The molecule has 0 radical (unpaired) electrons. The highest BCUT2D eigenvalue weighted by molar-refractivity contribution is 7.89. The van der Waals surface area contributed by atoms with E-state index in [9.17, 15) is 17.6 Å². The van der Waals surface area contributed by atoms with Crippen molar-refractivity contribution in [2.75, 3.05) is 13.7 Å². The zero-order chi connectivity index (χ0) is 22.4. The molecule has 1 aliphatic rings. The summed E-state index contributed by atoms with van der Waals surface area (Å²) in [7, 11) is -2.39. The van der Waals surface area contributed by atoms with Gasteiger partial charge in [-0.1, -0.05) is 31.9 Å². The van der Waals surface area contributed by atoms with Gasteiger partial charge >= 0.3 is 0 Å². The Morgan fingerprint density at radius 1 is 1.16 bits per heavy atom. The molecule has 0 heterocycles. The average Bonchev–Trinajstić information content (AvgIpc) is 3.57. The van der Waals surface area contributed by atoms with Gasteiger partial charge in [0.2, 0.25) is 10.0 Å². The van der Waals surface area contributed by atoms with Crippen LogP contribution >= 0.6 is 0 Å². The smallest absolute Gasteiger partial charge is 0.254 e. The van der Waals surface area contributed by atoms with E-state index < -0.39 is 10.0 Å². The number of unbranched alkanes of at least 4 members (excludes halogenated alkanes) is 2. The molecule has 6 nitrogen and oxygen atoms in total. The molecule has 1 saturated carbocycles. The Morgan fingerprint density at radius 3 is 2.48 bits per heavy atom. The van der Waals surface area contributed by atoms with Gasteiger partial charge in [0.25, 0.3) is 5.91 Å². The summed E-state index contributed by atoms with van der Waals surface area (Å²) in [6, 6.07) is 10.4. The minimum atomic E-state index is -3.79. The third-order valence-corrected chi connectivity index (χ3v) is 6.75. The van der Waals surface area contributed by atoms with Crippen LogP contribution in [0.15, 0.2) is 47.4 Å². The van der Waals surface area contributed by atoms with Crippen LogP contribution in [0, 0.1) is 5.82 Å². The van der Waals surface area contributed by atoms with E-state index in [1.54, 1.807) is 23.1 Å². The monoisotopic (exact) mass is 448 g/mol. The van der Waals surface area contributed by atoms with Gasteiger partial charge in [0.05, 0.1) is 7.11 Å². The summed E-state index contributed by atoms with van der Waals surface area (Å²) in [6.07, 6.45) is 4.43. The number of ether oxygens (including phenoxy) is 1. The van der Waals surface area contributed by atoms with E-state index >= 15 is 0 Å². The first-order valence-corrected chi connectivity index (χ1v) is 12.1. The van der Waals surface area contributed by atoms with Gasteiger partial charge in [-0.15, -0.1) is 0 Å². The molecule has 0 saturated heterocycles. The van der Waals surface area contributed by atoms with E-state index in [1.165, 1.54) is 31.4 Å². The van der Waals surface area contributed by atoms with Crippen LogP contribution in [-0.4, -0.2) is 38.9 Å². The lowest BCUT2D eigenvalue weighted by Gasteiger charge is -2.23. The zero-order valence-corrected chi connectivity index (χ0v) is 18.8. The third-order valence-electron chi connectivity index (χ3n) is 5.20. The lowest BCUT2D eigenvalue weighted by molar-refractivity contribution is 0.0739. The fourth-order valence-corrected chi connectivity index (χ4v) is 4.80. The first kappa shape index (κ1) is 23.2. The van der Waals surface area contributed by atoms with Crippen molar-refractivity contribution in [3.05, 3.63) is 59.4 Å². The predicted molar refractivity (Wildman–Crippen MR) is 117 cm³/mol. The summed E-state index contributed by atoms with van der Waals surface area (Å²) < 4.78 is 46.7. The fraction of sp³-hybridized carbons (Fsp3) is 0.435. The van der Waals surface area contributed by atoms with E-state index in [-0.39, 0.29) is 34.0 Å². The first-order valence-electron chi connectivity index (χ1n) is 10.6. The standard InChI is InChI=1S/C23H29FN2O4S/c1-3-4-5-14-26(16-17-6-9-19(24)10-7-17)23(27)18-8-13-21(30-2)22(15-18)31(28,29)25-20-11-12-20/h6-10,13,15,20,25H,3-5,11-12,14,16H2,1-2H3. The summed E-state index contributed by atoms with van der Waals surface area (Å²) in [4.78, 5) is 15.0. The van der Waals surface area contributed by atoms with Gasteiger partial charge in [0.1, 0.15) is 16.5 Å². The molecule has 0 aliphatic heterocycles. The fourth-order valence-electron chi connectivity index (χ4n) is 3.30. The molecule has 0 unspecified atom stereocenters. The lowest BCUT2D eigenvalue weighted by Crippen LogP contribution is -2.32. The maximum Gasteiger partial charge on any atom is 0.254 e. The first-order chi connectivity index (χ1) is 14.8. The van der Waals surface area contributed by atoms with Crippen molar-refractivity contribution in [1.29, 1.82) is 0 Å². The second-order valence-electron chi connectivity index (χ2n) is 7.82. The molecule has 0 spiro atoms. The van der Waals surface area contributed by atoms with Gasteiger partial charge in [0, 0.05) is 24.7 Å². The highest BCUT2D eigenvalue weighted by Gasteiger charge is 2.30. The van der Waals surface area contributed by atoms with Crippen molar-refractivity contribution in [1.82, 2.24) is 9.62 Å². The van der Waals surface area contributed by atoms with Crippen molar-refractivity contribution in [2.45, 2.75) is 56.5 Å². The number of sulfonamides is 1.